The molecule has 1 unspecified atom stereocenters. The van der Waals surface area contributed by atoms with Crippen LogP contribution in [0.1, 0.15) is 34.1 Å². The molecule has 0 aliphatic carbocycles. The minimum atomic E-state index is -4.70. The number of aromatic nitrogens is 2. The van der Waals surface area contributed by atoms with Crippen LogP contribution in [0.2, 0.25) is 0 Å². The first kappa shape index (κ1) is 24.6. The van der Waals surface area contributed by atoms with Crippen molar-refractivity contribution in [3.8, 4) is 11.8 Å². The Morgan fingerprint density at radius 1 is 1.22 bits per heavy atom. The SMILES string of the molecule is CC1=C(c2c(C(=O)O)cnn2-c2ccc(C#N)cc2)C(=O)N(C)C[N+]1([O-])c1cccc(C(F)(F)F)c1. The molecule has 1 N–H and O–H groups in total. The van der Waals surface area contributed by atoms with Crippen LogP contribution in [0, 0.1) is 16.5 Å². The highest BCUT2D eigenvalue weighted by Crippen LogP contribution is 2.40. The topological polar surface area (TPSA) is 122 Å². The number of quaternary nitrogens is 1. The molecule has 0 radical (unpaired) electrons. The number of rotatable bonds is 4. The quantitative estimate of drug-likeness (QED) is 0.427. The lowest BCUT2D eigenvalue weighted by Crippen LogP contribution is -2.55. The molecule has 3 aromatic rings. The van der Waals surface area contributed by atoms with E-state index in [1.165, 1.54) is 44.3 Å². The zero-order valence-corrected chi connectivity index (χ0v) is 18.9. The van der Waals surface area contributed by atoms with Crippen LogP contribution < -0.4 is 4.65 Å². The number of hydrogen-bond donors (Lipinski definition) is 1. The number of halogens is 3. The number of carboxylic acid groups (broad SMARTS) is 1. The van der Waals surface area contributed by atoms with Gasteiger partial charge in [-0.05, 0) is 36.4 Å². The van der Waals surface area contributed by atoms with Crippen LogP contribution in [0.4, 0.5) is 18.9 Å². The van der Waals surface area contributed by atoms with Gasteiger partial charge >= 0.3 is 12.1 Å². The third-order valence-electron chi connectivity index (χ3n) is 5.94. The van der Waals surface area contributed by atoms with Crippen molar-refractivity contribution in [2.24, 2.45) is 0 Å². The van der Waals surface area contributed by atoms with E-state index in [2.05, 4.69) is 5.10 Å². The van der Waals surface area contributed by atoms with Gasteiger partial charge in [0, 0.05) is 20.0 Å². The molecule has 0 fully saturated rings. The number of nitriles is 1. The second-order valence-corrected chi connectivity index (χ2v) is 8.18. The molecule has 4 rings (SSSR count). The molecular weight excluding hydrogens is 479 g/mol. The van der Waals surface area contributed by atoms with Gasteiger partial charge in [-0.25, -0.2) is 9.48 Å². The summed E-state index contributed by atoms with van der Waals surface area (Å²) < 4.78 is 39.8. The smallest absolute Gasteiger partial charge is 0.416 e. The Labute approximate surface area is 202 Å². The largest absolute Gasteiger partial charge is 0.621 e. The number of allylic oxidation sites excluding steroid dienone is 1. The van der Waals surface area contributed by atoms with Crippen molar-refractivity contribution in [3.63, 3.8) is 0 Å². The summed E-state index contributed by atoms with van der Waals surface area (Å²) >= 11 is 0. The molecule has 12 heteroatoms. The maximum absolute atomic E-state index is 14.1. The number of amides is 1. The fourth-order valence-corrected chi connectivity index (χ4v) is 4.07. The van der Waals surface area contributed by atoms with Crippen LogP contribution in [0.15, 0.2) is 60.4 Å². The fourth-order valence-electron chi connectivity index (χ4n) is 4.07. The monoisotopic (exact) mass is 497 g/mol. The average Bonchev–Trinajstić information content (AvgIpc) is 3.28. The lowest BCUT2D eigenvalue weighted by atomic mass is 10.0. The van der Waals surface area contributed by atoms with Gasteiger partial charge in [0.05, 0.1) is 34.8 Å². The highest BCUT2D eigenvalue weighted by molar-refractivity contribution is 6.22. The van der Waals surface area contributed by atoms with E-state index >= 15 is 0 Å². The van der Waals surface area contributed by atoms with Crippen molar-refractivity contribution >= 4 is 23.1 Å². The van der Waals surface area contributed by atoms with Crippen LogP contribution in [-0.2, 0) is 11.0 Å². The van der Waals surface area contributed by atoms with Crippen molar-refractivity contribution in [3.05, 3.63) is 88.0 Å². The van der Waals surface area contributed by atoms with Gasteiger partial charge in [0.1, 0.15) is 22.5 Å². The highest BCUT2D eigenvalue weighted by atomic mass is 19.4. The Balaban J connectivity index is 1.99. The highest BCUT2D eigenvalue weighted by Gasteiger charge is 2.42. The third kappa shape index (κ3) is 4.00. The van der Waals surface area contributed by atoms with E-state index in [0.29, 0.717) is 17.3 Å². The number of alkyl halides is 3. The molecule has 2 aromatic carbocycles. The van der Waals surface area contributed by atoms with Gasteiger partial charge < -0.3 is 10.3 Å². The molecule has 1 aromatic heterocycles. The summed E-state index contributed by atoms with van der Waals surface area (Å²) in [5, 5.41) is 37.1. The second kappa shape index (κ2) is 8.63. The minimum Gasteiger partial charge on any atom is -0.621 e. The molecule has 184 valence electrons. The van der Waals surface area contributed by atoms with E-state index in [4.69, 9.17) is 5.26 Å². The van der Waals surface area contributed by atoms with E-state index in [9.17, 15) is 33.1 Å². The molecule has 1 amide bonds. The fraction of sp³-hybridized carbons (Fsp3) is 0.167. The molecule has 0 saturated carbocycles. The van der Waals surface area contributed by atoms with Gasteiger partial charge in [-0.15, -0.1) is 0 Å². The Bertz CT molecular complexity index is 1450. The van der Waals surface area contributed by atoms with Gasteiger partial charge in [0.2, 0.25) is 0 Å². The maximum Gasteiger partial charge on any atom is 0.416 e. The number of hydrogen-bond acceptors (Lipinski definition) is 5. The number of hydroxylamine groups is 2. The van der Waals surface area contributed by atoms with Gasteiger partial charge in [0.15, 0.2) is 6.67 Å². The molecule has 0 bridgehead atoms. The minimum absolute atomic E-state index is 0.199. The van der Waals surface area contributed by atoms with E-state index in [0.717, 1.165) is 27.9 Å². The number of carbonyl (C=O) groups is 2. The zero-order chi connectivity index (χ0) is 26.4. The van der Waals surface area contributed by atoms with Gasteiger partial charge in [-0.3, -0.25) is 14.3 Å². The summed E-state index contributed by atoms with van der Waals surface area (Å²) in [5.41, 5.74) is -1.75. The summed E-state index contributed by atoms with van der Waals surface area (Å²) in [6.45, 7) is 0.762. The lowest BCUT2D eigenvalue weighted by molar-refractivity contribution is -0.137. The predicted molar refractivity (Wildman–Crippen MR) is 122 cm³/mol. The third-order valence-corrected chi connectivity index (χ3v) is 5.94. The number of aromatic carboxylic acids is 1. The predicted octanol–water partition coefficient (Wildman–Crippen LogP) is 4.13. The molecule has 0 saturated heterocycles. The first-order valence-corrected chi connectivity index (χ1v) is 10.4. The number of likely N-dealkylation sites (N-methyl/N-ethyl adjacent to an activating group) is 1. The van der Waals surface area contributed by atoms with E-state index in [1.54, 1.807) is 0 Å². The summed E-state index contributed by atoms with van der Waals surface area (Å²) in [5.74, 6) is -2.11. The standard InChI is InChI=1S/C24H18F3N5O4/c1-14-20(21-19(23(34)35)12-29-31(21)17-8-6-15(11-28)7-9-17)22(33)30(2)13-32(14,36)18-5-3-4-16(10-18)24(25,26)27/h3-10,12H,13H2,1-2H3,(H,34,35). The number of carbonyl (C=O) groups excluding carboxylic acids is 1. The molecule has 2 heterocycles. The van der Waals surface area contributed by atoms with E-state index in [-0.39, 0.29) is 28.2 Å². The Kier molecular flexibility index (Phi) is 5.91. The Morgan fingerprint density at radius 3 is 2.47 bits per heavy atom. The van der Waals surface area contributed by atoms with Crippen molar-refractivity contribution < 1.29 is 27.9 Å². The molecule has 36 heavy (non-hydrogen) atoms. The second-order valence-electron chi connectivity index (χ2n) is 8.18. The van der Waals surface area contributed by atoms with E-state index in [1.807, 2.05) is 6.07 Å². The lowest BCUT2D eigenvalue weighted by Gasteiger charge is -2.48. The Morgan fingerprint density at radius 2 is 1.89 bits per heavy atom. The summed E-state index contributed by atoms with van der Waals surface area (Å²) in [4.78, 5) is 26.4. The summed E-state index contributed by atoms with van der Waals surface area (Å²) in [6.07, 6.45) is -3.68. The zero-order valence-electron chi connectivity index (χ0n) is 18.9. The van der Waals surface area contributed by atoms with Crippen LogP contribution in [-0.4, -0.2) is 45.4 Å². The molecule has 1 atom stereocenters. The molecule has 1 aliphatic rings. The van der Waals surface area contributed by atoms with Crippen molar-refractivity contribution in [2.75, 3.05) is 13.7 Å². The normalized spacial score (nSPS) is 18.4. The van der Waals surface area contributed by atoms with Crippen molar-refractivity contribution in [1.82, 2.24) is 19.3 Å². The van der Waals surface area contributed by atoms with Crippen LogP contribution in [0.3, 0.4) is 0 Å². The number of carboxylic acids is 1. The first-order chi connectivity index (χ1) is 16.9. The van der Waals surface area contributed by atoms with Crippen molar-refractivity contribution in [2.45, 2.75) is 13.1 Å². The molecule has 1 aliphatic heterocycles. The summed E-state index contributed by atoms with van der Waals surface area (Å²) in [7, 11) is 1.30. The molecular formula is C24H18F3N5O4. The average molecular weight is 497 g/mol. The van der Waals surface area contributed by atoms with Gasteiger partial charge in [0.25, 0.3) is 5.91 Å². The molecule has 9 nitrogen and oxygen atoms in total. The number of benzene rings is 2. The first-order valence-electron chi connectivity index (χ1n) is 10.4. The van der Waals surface area contributed by atoms with Crippen molar-refractivity contribution in [1.29, 1.82) is 5.26 Å². The van der Waals surface area contributed by atoms with E-state index < -0.39 is 34.9 Å². The Hall–Kier alpha value is -4.47. The van der Waals surface area contributed by atoms with Gasteiger partial charge in [-0.2, -0.15) is 23.5 Å². The molecule has 0 spiro atoms. The van der Waals surface area contributed by atoms with Crippen LogP contribution in [0.25, 0.3) is 11.3 Å². The maximum atomic E-state index is 14.1. The summed E-state index contributed by atoms with van der Waals surface area (Å²) in [6, 6.07) is 11.7. The van der Waals surface area contributed by atoms with Crippen LogP contribution >= 0.6 is 0 Å². The number of nitrogens with zero attached hydrogens (tertiary/aromatic N) is 5. The van der Waals surface area contributed by atoms with Gasteiger partial charge in [-0.1, -0.05) is 6.07 Å². The van der Waals surface area contributed by atoms with Crippen LogP contribution in [0.5, 0.6) is 0 Å².